The molecule has 134 valence electrons. The maximum absolute atomic E-state index is 12.5. The highest BCUT2D eigenvalue weighted by Crippen LogP contribution is 2.24. The zero-order chi connectivity index (χ0) is 18.9. The van der Waals surface area contributed by atoms with Crippen LogP contribution in [-0.2, 0) is 9.84 Å². The number of hydrogen-bond acceptors (Lipinski definition) is 4. The van der Waals surface area contributed by atoms with Gasteiger partial charge in [-0.25, -0.2) is 13.1 Å². The quantitative estimate of drug-likeness (QED) is 0.740. The first kappa shape index (κ1) is 18.2. The van der Waals surface area contributed by atoms with Gasteiger partial charge in [-0.2, -0.15) is 5.10 Å². The zero-order valence-corrected chi connectivity index (χ0v) is 15.7. The Balaban J connectivity index is 1.88. The number of hydrogen-bond donors (Lipinski definition) is 1. The lowest BCUT2D eigenvalue weighted by molar-refractivity contribution is 0.102. The fourth-order valence-corrected chi connectivity index (χ4v) is 3.77. The third kappa shape index (κ3) is 3.63. The molecular weight excluding hydrogens is 374 g/mol. The summed E-state index contributed by atoms with van der Waals surface area (Å²) in [7, 11) is -3.38. The van der Waals surface area contributed by atoms with Crippen molar-refractivity contribution in [2.24, 2.45) is 0 Å². The summed E-state index contributed by atoms with van der Waals surface area (Å²) in [4.78, 5) is 12.7. The van der Waals surface area contributed by atoms with Crippen LogP contribution in [0.5, 0.6) is 0 Å². The van der Waals surface area contributed by atoms with Gasteiger partial charge in [-0.3, -0.25) is 4.79 Å². The number of benzene rings is 2. The van der Waals surface area contributed by atoms with E-state index < -0.39 is 15.7 Å². The average Bonchev–Trinajstić information content (AvgIpc) is 3.06. The smallest absolute Gasteiger partial charge is 0.258 e. The third-order valence-electron chi connectivity index (χ3n) is 3.88. The van der Waals surface area contributed by atoms with E-state index in [1.165, 1.54) is 16.9 Å². The maximum Gasteiger partial charge on any atom is 0.258 e. The van der Waals surface area contributed by atoms with Crippen molar-refractivity contribution >= 4 is 33.0 Å². The lowest BCUT2D eigenvalue weighted by Crippen LogP contribution is -2.13. The number of halogens is 1. The molecule has 1 aromatic heterocycles. The molecule has 0 unspecified atom stereocenters. The Kier molecular flexibility index (Phi) is 4.84. The lowest BCUT2D eigenvalue weighted by Gasteiger charge is -2.10. The van der Waals surface area contributed by atoms with E-state index >= 15 is 0 Å². The zero-order valence-electron chi connectivity index (χ0n) is 14.1. The first-order valence-corrected chi connectivity index (χ1v) is 9.95. The molecule has 0 aliphatic carbocycles. The van der Waals surface area contributed by atoms with E-state index in [2.05, 4.69) is 10.4 Å². The highest BCUT2D eigenvalue weighted by atomic mass is 35.5. The highest BCUT2D eigenvalue weighted by molar-refractivity contribution is 7.90. The molecule has 3 aromatic rings. The number of carbonyl (C=O) groups excluding carboxylic acids is 1. The molecule has 6 nitrogen and oxygen atoms in total. The number of anilines is 1. The van der Waals surface area contributed by atoms with Crippen LogP contribution in [0.15, 0.2) is 59.8 Å². The van der Waals surface area contributed by atoms with Gasteiger partial charge in [-0.1, -0.05) is 29.8 Å². The summed E-state index contributed by atoms with van der Waals surface area (Å²) in [6.07, 6.45) is 4.12. The van der Waals surface area contributed by atoms with Crippen LogP contribution < -0.4 is 5.32 Å². The summed E-state index contributed by atoms with van der Waals surface area (Å²) in [6, 6.07) is 11.9. The van der Waals surface area contributed by atoms with E-state index in [0.717, 1.165) is 6.26 Å². The van der Waals surface area contributed by atoms with E-state index in [1.54, 1.807) is 43.5 Å². The number of nitrogens with zero attached hydrogens (tertiary/aromatic N) is 2. The van der Waals surface area contributed by atoms with Crippen LogP contribution in [0.1, 0.15) is 15.9 Å². The van der Waals surface area contributed by atoms with Gasteiger partial charge in [0.05, 0.1) is 27.4 Å². The summed E-state index contributed by atoms with van der Waals surface area (Å²) in [5.74, 6) is -0.392. The topological polar surface area (TPSA) is 81.1 Å². The van der Waals surface area contributed by atoms with Gasteiger partial charge in [-0.15, -0.1) is 0 Å². The van der Waals surface area contributed by atoms with Gasteiger partial charge in [0.15, 0.2) is 9.84 Å². The molecule has 0 spiro atoms. The van der Waals surface area contributed by atoms with Crippen LogP contribution in [0.25, 0.3) is 5.69 Å². The van der Waals surface area contributed by atoms with Crippen LogP contribution in [0.4, 0.5) is 5.69 Å². The molecule has 0 saturated carbocycles. The molecule has 0 saturated heterocycles. The number of carbonyl (C=O) groups is 1. The number of para-hydroxylation sites is 1. The lowest BCUT2D eigenvalue weighted by atomic mass is 10.2. The Labute approximate surface area is 156 Å². The number of nitrogens with one attached hydrogen (secondary N) is 1. The van der Waals surface area contributed by atoms with E-state index in [4.69, 9.17) is 11.6 Å². The number of amides is 1. The van der Waals surface area contributed by atoms with Crippen LogP contribution in [0.3, 0.4) is 0 Å². The third-order valence-corrected chi connectivity index (χ3v) is 5.44. The molecule has 8 heteroatoms. The molecule has 1 N–H and O–H groups in total. The average molecular weight is 390 g/mol. The van der Waals surface area contributed by atoms with Crippen molar-refractivity contribution in [1.29, 1.82) is 0 Å². The Hall–Kier alpha value is -2.64. The first-order valence-electron chi connectivity index (χ1n) is 7.68. The van der Waals surface area contributed by atoms with Crippen molar-refractivity contribution in [3.05, 3.63) is 71.0 Å². The van der Waals surface area contributed by atoms with Crippen molar-refractivity contribution in [2.75, 3.05) is 11.6 Å². The monoisotopic (exact) mass is 389 g/mol. The van der Waals surface area contributed by atoms with Gasteiger partial charge in [0.2, 0.25) is 0 Å². The molecule has 0 atom stereocenters. The fraction of sp³-hybridized carbons (Fsp3) is 0.111. The van der Waals surface area contributed by atoms with E-state index in [0.29, 0.717) is 27.5 Å². The molecule has 0 bridgehead atoms. The Morgan fingerprint density at radius 3 is 2.58 bits per heavy atom. The first-order chi connectivity index (χ1) is 12.3. The van der Waals surface area contributed by atoms with Crippen LogP contribution in [0, 0.1) is 6.92 Å². The van der Waals surface area contributed by atoms with E-state index in [1.807, 2.05) is 6.07 Å². The SMILES string of the molecule is Cc1c(NC(=O)c2cnn(-c3ccccc3Cl)c2)cccc1S(C)(=O)=O. The second-order valence-corrected chi connectivity index (χ2v) is 8.17. The van der Waals surface area contributed by atoms with Crippen LogP contribution in [0.2, 0.25) is 5.02 Å². The Bertz CT molecular complexity index is 1090. The number of aromatic nitrogens is 2. The summed E-state index contributed by atoms with van der Waals surface area (Å²) in [5.41, 5.74) is 1.91. The molecule has 1 amide bonds. The van der Waals surface area contributed by atoms with Crippen molar-refractivity contribution < 1.29 is 13.2 Å². The van der Waals surface area contributed by atoms with E-state index in [9.17, 15) is 13.2 Å². The Morgan fingerprint density at radius 2 is 1.88 bits per heavy atom. The van der Waals surface area contributed by atoms with Gasteiger partial charge in [0.25, 0.3) is 5.91 Å². The molecule has 0 fully saturated rings. The molecule has 1 heterocycles. The van der Waals surface area contributed by atoms with Crippen molar-refractivity contribution in [3.8, 4) is 5.69 Å². The minimum atomic E-state index is -3.38. The summed E-state index contributed by atoms with van der Waals surface area (Å²) in [5, 5.41) is 7.41. The van der Waals surface area contributed by atoms with Crippen molar-refractivity contribution in [2.45, 2.75) is 11.8 Å². The van der Waals surface area contributed by atoms with Gasteiger partial charge < -0.3 is 5.32 Å². The second kappa shape index (κ2) is 6.93. The van der Waals surface area contributed by atoms with Gasteiger partial charge in [-0.05, 0) is 36.8 Å². The molecule has 26 heavy (non-hydrogen) atoms. The molecule has 2 aromatic carbocycles. The molecular formula is C18H16ClN3O3S. The fourth-order valence-electron chi connectivity index (χ4n) is 2.56. The van der Waals surface area contributed by atoms with E-state index in [-0.39, 0.29) is 4.90 Å². The largest absolute Gasteiger partial charge is 0.322 e. The summed E-state index contributed by atoms with van der Waals surface area (Å²) < 4.78 is 25.1. The molecule has 0 radical (unpaired) electrons. The van der Waals surface area contributed by atoms with Crippen LogP contribution >= 0.6 is 11.6 Å². The second-order valence-electron chi connectivity index (χ2n) is 5.78. The van der Waals surface area contributed by atoms with Gasteiger partial charge in [0.1, 0.15) is 0 Å². The van der Waals surface area contributed by atoms with Crippen LogP contribution in [-0.4, -0.2) is 30.4 Å². The summed E-state index contributed by atoms with van der Waals surface area (Å²) in [6.45, 7) is 1.65. The normalized spacial score (nSPS) is 11.3. The predicted octanol–water partition coefficient (Wildman–Crippen LogP) is 3.49. The van der Waals surface area contributed by atoms with Crippen molar-refractivity contribution in [3.63, 3.8) is 0 Å². The summed E-state index contributed by atoms with van der Waals surface area (Å²) >= 11 is 6.14. The number of sulfone groups is 1. The van der Waals surface area contributed by atoms with Gasteiger partial charge >= 0.3 is 0 Å². The standard InChI is InChI=1S/C18H16ClN3O3S/c1-12-15(7-5-9-17(12)26(2,24)25)21-18(23)13-10-20-22(11-13)16-8-4-3-6-14(16)19/h3-11H,1-2H3,(H,21,23). The highest BCUT2D eigenvalue weighted by Gasteiger charge is 2.16. The predicted molar refractivity (Wildman–Crippen MR) is 101 cm³/mol. The van der Waals surface area contributed by atoms with Gasteiger partial charge in [0, 0.05) is 18.1 Å². The maximum atomic E-state index is 12.5. The molecule has 0 aliphatic rings. The Morgan fingerprint density at radius 1 is 1.15 bits per heavy atom. The minimum Gasteiger partial charge on any atom is -0.322 e. The number of rotatable bonds is 4. The molecule has 0 aliphatic heterocycles. The van der Waals surface area contributed by atoms with Crippen molar-refractivity contribution in [1.82, 2.24) is 9.78 Å². The molecule has 3 rings (SSSR count). The minimum absolute atomic E-state index is 0.182.